The average Bonchev–Trinajstić information content (AvgIpc) is 2.45. The van der Waals surface area contributed by atoms with Crippen LogP contribution in [0.25, 0.3) is 0 Å². The first-order valence-corrected chi connectivity index (χ1v) is 6.56. The Hall–Kier alpha value is -2.55. The van der Waals surface area contributed by atoms with Crippen LogP contribution in [0.3, 0.4) is 0 Å². The van der Waals surface area contributed by atoms with Crippen LogP contribution in [-0.2, 0) is 12.7 Å². The van der Waals surface area contributed by atoms with E-state index in [1.165, 1.54) is 0 Å². The van der Waals surface area contributed by atoms with Gasteiger partial charge in [-0.25, -0.2) is 14.8 Å². The summed E-state index contributed by atoms with van der Waals surface area (Å²) in [6, 6.07) is 6.50. The van der Waals surface area contributed by atoms with E-state index >= 15 is 0 Å². The molecular formula is C13H10ClF3N4O2. The fourth-order valence-electron chi connectivity index (χ4n) is 1.62. The lowest BCUT2D eigenvalue weighted by Gasteiger charge is -2.10. The number of carbonyl (C=O) groups is 1. The van der Waals surface area contributed by atoms with Gasteiger partial charge in [-0.05, 0) is 17.7 Å². The normalized spacial score (nSPS) is 11.1. The molecule has 0 unspecified atom stereocenters. The predicted molar refractivity (Wildman–Crippen MR) is 76.6 cm³/mol. The molecule has 1 amide bonds. The number of nitrogens with one attached hydrogen (secondary N) is 2. The monoisotopic (exact) mass is 346 g/mol. The summed E-state index contributed by atoms with van der Waals surface area (Å²) in [6.07, 6.45) is -5.16. The first kappa shape index (κ1) is 16.8. The van der Waals surface area contributed by atoms with Crippen LogP contribution in [0.1, 0.15) is 11.1 Å². The minimum absolute atomic E-state index is 0.0839. The number of aromatic nitrogens is 2. The van der Waals surface area contributed by atoms with Gasteiger partial charge in [-0.2, -0.15) is 13.2 Å². The van der Waals surface area contributed by atoms with Crippen LogP contribution in [0.5, 0.6) is 0 Å². The number of amides is 1. The van der Waals surface area contributed by atoms with Crippen LogP contribution in [0.15, 0.2) is 30.5 Å². The Balaban J connectivity index is 2.07. The smallest absolute Gasteiger partial charge is 0.420 e. The van der Waals surface area contributed by atoms with Crippen molar-refractivity contribution in [1.82, 2.24) is 15.3 Å². The number of benzene rings is 1. The van der Waals surface area contributed by atoms with Gasteiger partial charge in [-0.1, -0.05) is 23.7 Å². The highest BCUT2D eigenvalue weighted by Crippen LogP contribution is 2.33. The second kappa shape index (κ2) is 6.69. The zero-order chi connectivity index (χ0) is 17.0. The average molecular weight is 347 g/mol. The van der Waals surface area contributed by atoms with E-state index < -0.39 is 23.0 Å². The highest BCUT2D eigenvalue weighted by Gasteiger charge is 2.34. The summed E-state index contributed by atoms with van der Waals surface area (Å²) in [5.41, 5.74) is 0.115. The number of hydrogen-bond acceptors (Lipinski definition) is 4. The Labute approximate surface area is 133 Å². The van der Waals surface area contributed by atoms with Crippen LogP contribution in [0.2, 0.25) is 5.15 Å². The first-order chi connectivity index (χ1) is 10.8. The van der Waals surface area contributed by atoms with Crippen molar-refractivity contribution >= 4 is 29.3 Å². The highest BCUT2D eigenvalue weighted by atomic mass is 35.5. The molecule has 3 N–H and O–H groups in total. The molecule has 0 aliphatic rings. The van der Waals surface area contributed by atoms with Gasteiger partial charge in [-0.3, -0.25) is 0 Å². The Morgan fingerprint density at radius 3 is 2.43 bits per heavy atom. The molecular weight excluding hydrogens is 337 g/mol. The topological polar surface area (TPSA) is 87.1 Å². The molecule has 0 radical (unpaired) electrons. The molecule has 6 nitrogen and oxygen atoms in total. The lowest BCUT2D eigenvalue weighted by molar-refractivity contribution is -0.137. The zero-order valence-corrected chi connectivity index (χ0v) is 12.1. The molecule has 0 atom stereocenters. The Morgan fingerprint density at radius 1 is 1.26 bits per heavy atom. The van der Waals surface area contributed by atoms with Crippen LogP contribution in [0.4, 0.5) is 29.6 Å². The third-order valence-corrected chi connectivity index (χ3v) is 2.99. The van der Waals surface area contributed by atoms with Crippen molar-refractivity contribution < 1.29 is 23.1 Å². The Morgan fingerprint density at radius 2 is 1.91 bits per heavy atom. The zero-order valence-electron chi connectivity index (χ0n) is 11.4. The van der Waals surface area contributed by atoms with E-state index in [-0.39, 0.29) is 12.5 Å². The van der Waals surface area contributed by atoms with Crippen molar-refractivity contribution in [1.29, 1.82) is 0 Å². The maximum absolute atomic E-state index is 12.5. The fraction of sp³-hybridized carbons (Fsp3) is 0.154. The summed E-state index contributed by atoms with van der Waals surface area (Å²) in [7, 11) is 0. The lowest BCUT2D eigenvalue weighted by Crippen LogP contribution is -2.19. The second-order valence-corrected chi connectivity index (χ2v) is 4.73. The number of halogens is 4. The van der Waals surface area contributed by atoms with Crippen molar-refractivity contribution in [2.45, 2.75) is 12.7 Å². The maximum atomic E-state index is 12.5. The minimum atomic E-state index is -4.62. The van der Waals surface area contributed by atoms with Crippen molar-refractivity contribution in [2.24, 2.45) is 0 Å². The number of nitrogens with zero attached hydrogens (tertiary/aromatic N) is 2. The predicted octanol–water partition coefficient (Wildman–Crippen LogP) is 3.66. The molecule has 2 rings (SSSR count). The van der Waals surface area contributed by atoms with Crippen LogP contribution in [-0.4, -0.2) is 21.2 Å². The maximum Gasteiger partial charge on any atom is 0.420 e. The molecule has 0 aliphatic carbocycles. The molecule has 0 saturated heterocycles. The molecule has 0 aliphatic heterocycles. The number of hydrogen-bond donors (Lipinski definition) is 3. The number of alkyl halides is 3. The lowest BCUT2D eigenvalue weighted by atomic mass is 10.2. The summed E-state index contributed by atoms with van der Waals surface area (Å²) in [4.78, 5) is 17.5. The summed E-state index contributed by atoms with van der Waals surface area (Å²) in [6.45, 7) is 0.137. The molecule has 0 fully saturated rings. The SMILES string of the molecule is O=C(O)NCc1ccc(Nc2ncc(C(F)(F)F)c(Cl)n2)cc1. The van der Waals surface area contributed by atoms with Gasteiger partial charge in [0.15, 0.2) is 0 Å². The molecule has 1 aromatic carbocycles. The molecule has 0 spiro atoms. The molecule has 0 bridgehead atoms. The first-order valence-electron chi connectivity index (χ1n) is 6.18. The summed E-state index contributed by atoms with van der Waals surface area (Å²) in [5, 5.41) is 12.7. The van der Waals surface area contributed by atoms with Crippen LogP contribution >= 0.6 is 11.6 Å². The number of anilines is 2. The van der Waals surface area contributed by atoms with Crippen molar-refractivity contribution in [3.8, 4) is 0 Å². The van der Waals surface area contributed by atoms with Gasteiger partial charge in [0.1, 0.15) is 10.7 Å². The van der Waals surface area contributed by atoms with E-state index in [0.717, 1.165) is 0 Å². The van der Waals surface area contributed by atoms with Gasteiger partial charge in [0.2, 0.25) is 5.95 Å². The third kappa shape index (κ3) is 4.71. The molecule has 23 heavy (non-hydrogen) atoms. The van der Waals surface area contributed by atoms with E-state index in [0.29, 0.717) is 17.4 Å². The third-order valence-electron chi connectivity index (χ3n) is 2.70. The number of rotatable bonds is 4. The largest absolute Gasteiger partial charge is 0.465 e. The van der Waals surface area contributed by atoms with Gasteiger partial charge in [0.05, 0.1) is 0 Å². The Bertz CT molecular complexity index is 707. The van der Waals surface area contributed by atoms with Crippen LogP contribution in [0, 0.1) is 0 Å². The quantitative estimate of drug-likeness (QED) is 0.735. The van der Waals surface area contributed by atoms with Gasteiger partial charge >= 0.3 is 12.3 Å². The highest BCUT2D eigenvalue weighted by molar-refractivity contribution is 6.30. The molecule has 0 saturated carbocycles. The molecule has 1 aromatic heterocycles. The summed E-state index contributed by atoms with van der Waals surface area (Å²) in [5.74, 6) is -0.0839. The van der Waals surface area contributed by atoms with Crippen molar-refractivity contribution in [3.63, 3.8) is 0 Å². The van der Waals surface area contributed by atoms with Gasteiger partial charge in [-0.15, -0.1) is 0 Å². The Kier molecular flexibility index (Phi) is 4.89. The second-order valence-electron chi connectivity index (χ2n) is 4.38. The molecule has 10 heteroatoms. The van der Waals surface area contributed by atoms with E-state index in [4.69, 9.17) is 16.7 Å². The fourth-order valence-corrected chi connectivity index (χ4v) is 1.86. The molecule has 1 heterocycles. The van der Waals surface area contributed by atoms with Crippen molar-refractivity contribution in [3.05, 3.63) is 46.7 Å². The van der Waals surface area contributed by atoms with E-state index in [9.17, 15) is 18.0 Å². The van der Waals surface area contributed by atoms with Gasteiger partial charge < -0.3 is 15.7 Å². The van der Waals surface area contributed by atoms with Gasteiger partial charge in [0.25, 0.3) is 0 Å². The minimum Gasteiger partial charge on any atom is -0.465 e. The summed E-state index contributed by atoms with van der Waals surface area (Å²) < 4.78 is 37.6. The number of carboxylic acid groups (broad SMARTS) is 1. The van der Waals surface area contributed by atoms with Crippen LogP contribution < -0.4 is 10.6 Å². The molecule has 2 aromatic rings. The van der Waals surface area contributed by atoms with E-state index in [2.05, 4.69) is 20.6 Å². The standard InChI is InChI=1S/C13H10ClF3N4O2/c14-10-9(13(15,16)17)6-18-11(21-10)20-8-3-1-7(2-4-8)5-19-12(22)23/h1-4,6,19H,5H2,(H,22,23)(H,18,20,21). The van der Waals surface area contributed by atoms with Gasteiger partial charge in [0, 0.05) is 18.4 Å². The van der Waals surface area contributed by atoms with Crippen molar-refractivity contribution in [2.75, 3.05) is 5.32 Å². The summed E-state index contributed by atoms with van der Waals surface area (Å²) >= 11 is 5.50. The molecule has 122 valence electrons. The van der Waals surface area contributed by atoms with E-state index in [1.54, 1.807) is 24.3 Å². The van der Waals surface area contributed by atoms with E-state index in [1.807, 2.05) is 0 Å².